The summed E-state index contributed by atoms with van der Waals surface area (Å²) < 4.78 is 47.7. The second-order valence-electron chi connectivity index (χ2n) is 9.27. The van der Waals surface area contributed by atoms with Gasteiger partial charge in [-0.2, -0.15) is 13.2 Å². The first kappa shape index (κ1) is 33.7. The molecule has 8 atom stereocenters. The average molecular weight is 626 g/mol. The lowest BCUT2D eigenvalue weighted by Gasteiger charge is -2.15. The van der Waals surface area contributed by atoms with Crippen molar-refractivity contribution < 1.29 is 62.9 Å². The number of hydrogen-bond acceptors (Lipinski definition) is 14. The van der Waals surface area contributed by atoms with E-state index in [-0.39, 0.29) is 16.3 Å². The van der Waals surface area contributed by atoms with E-state index in [9.17, 15) is 62.4 Å². The van der Waals surface area contributed by atoms with Crippen molar-refractivity contribution in [3.05, 3.63) is 65.2 Å². The smallest absolute Gasteiger partial charge is 0.394 e. The predicted octanol–water partition coefficient (Wildman–Crippen LogP) is -4.76. The third-order valence-corrected chi connectivity index (χ3v) is 6.44. The van der Waals surface area contributed by atoms with Crippen LogP contribution in [0.25, 0.3) is 0 Å². The maximum atomic E-state index is 12.4. The van der Waals surface area contributed by atoms with Gasteiger partial charge in [-0.05, 0) is 0 Å². The minimum Gasteiger partial charge on any atom is -0.394 e. The fourth-order valence-electron chi connectivity index (χ4n) is 4.21. The number of nitrogens with zero attached hydrogens (tertiary/aromatic N) is 2. The van der Waals surface area contributed by atoms with Crippen LogP contribution in [0.4, 0.5) is 13.2 Å². The van der Waals surface area contributed by atoms with Crippen molar-refractivity contribution in [1.82, 2.24) is 19.1 Å². The second-order valence-corrected chi connectivity index (χ2v) is 9.27. The molecule has 0 aliphatic carbocycles. The molecule has 0 bridgehead atoms. The minimum atomic E-state index is -5.37. The van der Waals surface area contributed by atoms with Crippen molar-refractivity contribution in [2.75, 3.05) is 13.2 Å². The Labute approximate surface area is 234 Å². The van der Waals surface area contributed by atoms with E-state index in [2.05, 4.69) is 0 Å². The molecule has 0 amide bonds. The van der Waals surface area contributed by atoms with Gasteiger partial charge < -0.3 is 40.1 Å². The third kappa shape index (κ3) is 6.73. The summed E-state index contributed by atoms with van der Waals surface area (Å²) in [6.45, 7) is -0.145. The summed E-state index contributed by atoms with van der Waals surface area (Å²) in [6.07, 6.45) is -15.5. The largest absolute Gasteiger partial charge is 0.472 e. The van der Waals surface area contributed by atoms with E-state index in [0.29, 0.717) is 4.57 Å². The van der Waals surface area contributed by atoms with E-state index in [1.807, 2.05) is 4.98 Å². The van der Waals surface area contributed by atoms with Crippen LogP contribution in [0.15, 0.2) is 31.6 Å². The number of carbonyl (C=O) groups excluding carboxylic acids is 2. The first-order valence-electron chi connectivity index (χ1n) is 12.0. The molecule has 4 heterocycles. The van der Waals surface area contributed by atoms with Gasteiger partial charge in [0.15, 0.2) is 0 Å². The van der Waals surface area contributed by atoms with Crippen LogP contribution in [0.5, 0.6) is 0 Å². The minimum absolute atomic E-state index is 0.178. The standard InChI is InChI=1S/C11H11F3N2O7.C11H14N2O7/c12-11(13,14)9(21)16-1-3(8(20)15-10(16)22)7-6(19)5(18)4(2-17)23-7;1-4(15)13-2-5(10(18)12-11(13)19)9-8(17)7(16)6(3-14)20-9/h1,4-7,17-19H,2H2,(H,15,20,22);2,6-9,14,16-17H,3H2,1H3,(H,12,18,19)/t4-,5-,6-,7+;6-,7-,8-,9+/m11/s1. The van der Waals surface area contributed by atoms with Gasteiger partial charge in [-0.15, -0.1) is 0 Å². The molecule has 238 valence electrons. The second kappa shape index (κ2) is 12.8. The molecule has 2 aliphatic rings. The number of aliphatic hydroxyl groups excluding tert-OH is 6. The molecular weight excluding hydrogens is 601 g/mol. The number of aliphatic hydroxyl groups is 6. The number of ether oxygens (including phenoxy) is 2. The first-order chi connectivity index (χ1) is 19.9. The van der Waals surface area contributed by atoms with Crippen molar-refractivity contribution in [3.8, 4) is 0 Å². The Kier molecular flexibility index (Phi) is 10.0. The molecule has 2 saturated heterocycles. The van der Waals surface area contributed by atoms with Crippen LogP contribution in [0.3, 0.4) is 0 Å². The SMILES string of the molecule is CC(=O)n1cc([C@@H]2O[C@H](CO)[C@@H](O)[C@H]2O)c(=O)[nH]c1=O.O=C(n1cc([C@@H]2O[C@H](CO)[C@@H](O)[C@H]2O)c(=O)[nH]c1=O)C(F)(F)F. The number of hydrogen-bond donors (Lipinski definition) is 8. The molecule has 0 saturated carbocycles. The fourth-order valence-corrected chi connectivity index (χ4v) is 4.21. The molecular formula is C22H25F3N4O14. The van der Waals surface area contributed by atoms with E-state index in [0.717, 1.165) is 13.1 Å². The predicted molar refractivity (Wildman–Crippen MR) is 129 cm³/mol. The number of carbonyl (C=O) groups is 2. The zero-order valence-corrected chi connectivity index (χ0v) is 21.7. The van der Waals surface area contributed by atoms with Crippen molar-refractivity contribution >= 4 is 11.8 Å². The van der Waals surface area contributed by atoms with Crippen LogP contribution in [-0.2, 0) is 9.47 Å². The Balaban J connectivity index is 0.000000238. The molecule has 4 rings (SSSR count). The van der Waals surface area contributed by atoms with Gasteiger partial charge >= 0.3 is 23.5 Å². The zero-order valence-electron chi connectivity index (χ0n) is 21.7. The Morgan fingerprint density at radius 1 is 0.767 bits per heavy atom. The van der Waals surface area contributed by atoms with Gasteiger partial charge in [0, 0.05) is 19.3 Å². The summed E-state index contributed by atoms with van der Waals surface area (Å²) in [5.74, 6) is -3.18. The number of rotatable bonds is 4. The van der Waals surface area contributed by atoms with Crippen LogP contribution < -0.4 is 22.5 Å². The van der Waals surface area contributed by atoms with Gasteiger partial charge in [-0.3, -0.25) is 29.1 Å². The summed E-state index contributed by atoms with van der Waals surface area (Å²) >= 11 is 0. The summed E-state index contributed by atoms with van der Waals surface area (Å²) in [5, 5.41) is 56.7. The van der Waals surface area contributed by atoms with Gasteiger partial charge in [0.2, 0.25) is 5.91 Å². The molecule has 0 radical (unpaired) electrons. The van der Waals surface area contributed by atoms with E-state index < -0.39 is 108 Å². The highest BCUT2D eigenvalue weighted by molar-refractivity contribution is 5.84. The van der Waals surface area contributed by atoms with Gasteiger partial charge in [0.1, 0.15) is 48.8 Å². The summed E-state index contributed by atoms with van der Waals surface area (Å²) in [5.41, 5.74) is -5.41. The molecule has 21 heteroatoms. The van der Waals surface area contributed by atoms with Crippen LogP contribution in [0.1, 0.15) is 39.8 Å². The van der Waals surface area contributed by atoms with Crippen molar-refractivity contribution in [2.45, 2.75) is 61.9 Å². The molecule has 18 nitrogen and oxygen atoms in total. The van der Waals surface area contributed by atoms with Gasteiger partial charge in [-0.1, -0.05) is 0 Å². The van der Waals surface area contributed by atoms with Gasteiger partial charge in [0.05, 0.1) is 24.3 Å². The molecule has 2 aliphatic heterocycles. The summed E-state index contributed by atoms with van der Waals surface area (Å²) in [6, 6.07) is 0. The third-order valence-electron chi connectivity index (χ3n) is 6.44. The van der Waals surface area contributed by atoms with Gasteiger partial charge in [-0.25, -0.2) is 18.7 Å². The first-order valence-corrected chi connectivity index (χ1v) is 12.0. The van der Waals surface area contributed by atoms with Crippen LogP contribution in [-0.4, -0.2) is 118 Å². The monoisotopic (exact) mass is 626 g/mol. The number of nitrogens with one attached hydrogen (secondary N) is 2. The number of halogens is 3. The maximum Gasteiger partial charge on any atom is 0.472 e. The Bertz CT molecular complexity index is 1600. The topological polar surface area (TPSA) is 284 Å². The Hall–Kier alpha value is -3.83. The lowest BCUT2D eigenvalue weighted by atomic mass is 10.0. The highest BCUT2D eigenvalue weighted by Crippen LogP contribution is 2.32. The number of H-pyrrole nitrogens is 2. The molecule has 2 aromatic rings. The van der Waals surface area contributed by atoms with Crippen molar-refractivity contribution in [3.63, 3.8) is 0 Å². The normalized spacial score (nSPS) is 28.8. The van der Waals surface area contributed by atoms with Crippen LogP contribution in [0.2, 0.25) is 0 Å². The number of aromatic nitrogens is 4. The Morgan fingerprint density at radius 3 is 1.47 bits per heavy atom. The zero-order chi connectivity index (χ0) is 32.5. The molecule has 8 N–H and O–H groups in total. The lowest BCUT2D eigenvalue weighted by Crippen LogP contribution is -2.42. The van der Waals surface area contributed by atoms with Gasteiger partial charge in [0.25, 0.3) is 11.1 Å². The van der Waals surface area contributed by atoms with Crippen molar-refractivity contribution in [2.24, 2.45) is 0 Å². The highest BCUT2D eigenvalue weighted by Gasteiger charge is 2.46. The number of aromatic amines is 2. The molecule has 0 unspecified atom stereocenters. The molecule has 0 spiro atoms. The summed E-state index contributed by atoms with van der Waals surface area (Å²) in [7, 11) is 0. The van der Waals surface area contributed by atoms with E-state index in [4.69, 9.17) is 19.7 Å². The van der Waals surface area contributed by atoms with Crippen LogP contribution >= 0.6 is 0 Å². The average Bonchev–Trinajstić information content (AvgIpc) is 3.37. The number of alkyl halides is 3. The van der Waals surface area contributed by atoms with Crippen molar-refractivity contribution in [1.29, 1.82) is 0 Å². The molecule has 2 fully saturated rings. The summed E-state index contributed by atoms with van der Waals surface area (Å²) in [4.78, 5) is 72.0. The lowest BCUT2D eigenvalue weighted by molar-refractivity contribution is -0.0951. The van der Waals surface area contributed by atoms with E-state index in [1.54, 1.807) is 0 Å². The van der Waals surface area contributed by atoms with Crippen LogP contribution in [0, 0.1) is 0 Å². The molecule has 2 aromatic heterocycles. The Morgan fingerprint density at radius 2 is 1.14 bits per heavy atom. The highest BCUT2D eigenvalue weighted by atomic mass is 19.4. The fraction of sp³-hybridized carbons (Fsp3) is 0.545. The van der Waals surface area contributed by atoms with E-state index >= 15 is 0 Å². The van der Waals surface area contributed by atoms with E-state index in [1.165, 1.54) is 4.98 Å². The quantitative estimate of drug-likeness (QED) is 0.158. The maximum absolute atomic E-state index is 12.4. The molecule has 0 aromatic carbocycles. The molecule has 43 heavy (non-hydrogen) atoms.